The van der Waals surface area contributed by atoms with Crippen LogP contribution in [0, 0.1) is 5.92 Å². The van der Waals surface area contributed by atoms with Gasteiger partial charge in [-0.3, -0.25) is 4.99 Å². The van der Waals surface area contributed by atoms with Crippen molar-refractivity contribution in [1.82, 2.24) is 20.5 Å². The van der Waals surface area contributed by atoms with Crippen molar-refractivity contribution < 1.29 is 0 Å². The van der Waals surface area contributed by atoms with Gasteiger partial charge in [0.1, 0.15) is 5.82 Å². The van der Waals surface area contributed by atoms with Crippen LogP contribution in [0.25, 0.3) is 0 Å². The Balaban J connectivity index is 1.35. The number of anilines is 1. The molecule has 1 saturated heterocycles. The predicted octanol–water partition coefficient (Wildman–Crippen LogP) is 2.86. The van der Waals surface area contributed by atoms with Gasteiger partial charge in [-0.2, -0.15) is 0 Å². The first-order chi connectivity index (χ1) is 13.7. The average molecular weight is 387 g/mol. The third kappa shape index (κ3) is 6.66. The van der Waals surface area contributed by atoms with Crippen LogP contribution in [0.1, 0.15) is 50.5 Å². The number of nitrogens with one attached hydrogen (secondary N) is 2. The maximum Gasteiger partial charge on any atom is 0.191 e. The molecule has 0 unspecified atom stereocenters. The van der Waals surface area contributed by atoms with Crippen molar-refractivity contribution in [1.29, 1.82) is 0 Å². The fourth-order valence-corrected chi connectivity index (χ4v) is 4.22. The third-order valence-electron chi connectivity index (χ3n) is 6.13. The van der Waals surface area contributed by atoms with Crippen LogP contribution in [0.2, 0.25) is 0 Å². The maximum absolute atomic E-state index is 4.67. The van der Waals surface area contributed by atoms with Crippen molar-refractivity contribution in [2.24, 2.45) is 10.9 Å². The number of hydrogen-bond acceptors (Lipinski definition) is 4. The highest BCUT2D eigenvalue weighted by atomic mass is 15.3. The molecular weight excluding hydrogens is 348 g/mol. The SMILES string of the molecule is CN=C(NCCCC1CCCCC1)NCc1ccc(N2CCN(C)CC2)nc1. The number of likely N-dealkylation sites (N-methyl/N-ethyl adjacent to an activating group) is 1. The van der Waals surface area contributed by atoms with Gasteiger partial charge in [0.2, 0.25) is 0 Å². The molecule has 1 aliphatic heterocycles. The number of piperazine rings is 1. The molecule has 0 amide bonds. The van der Waals surface area contributed by atoms with Crippen LogP contribution in [0.4, 0.5) is 5.82 Å². The van der Waals surface area contributed by atoms with E-state index in [1.54, 1.807) is 0 Å². The van der Waals surface area contributed by atoms with E-state index < -0.39 is 0 Å². The lowest BCUT2D eigenvalue weighted by atomic mass is 9.86. The second-order valence-electron chi connectivity index (χ2n) is 8.31. The molecule has 1 aliphatic carbocycles. The van der Waals surface area contributed by atoms with E-state index in [1.807, 2.05) is 13.2 Å². The summed E-state index contributed by atoms with van der Waals surface area (Å²) in [4.78, 5) is 13.7. The summed E-state index contributed by atoms with van der Waals surface area (Å²) in [5, 5.41) is 6.86. The zero-order chi connectivity index (χ0) is 19.6. The maximum atomic E-state index is 4.67. The molecule has 156 valence electrons. The zero-order valence-electron chi connectivity index (χ0n) is 17.8. The quantitative estimate of drug-likeness (QED) is 0.429. The average Bonchev–Trinajstić information content (AvgIpc) is 2.75. The topological polar surface area (TPSA) is 55.8 Å². The van der Waals surface area contributed by atoms with Crippen molar-refractivity contribution in [3.8, 4) is 0 Å². The Morgan fingerprint density at radius 2 is 1.89 bits per heavy atom. The molecule has 0 bridgehead atoms. The molecule has 2 aliphatic rings. The first-order valence-corrected chi connectivity index (χ1v) is 11.1. The number of aromatic nitrogens is 1. The lowest BCUT2D eigenvalue weighted by Crippen LogP contribution is -2.44. The van der Waals surface area contributed by atoms with Gasteiger partial charge in [-0.05, 0) is 37.4 Å². The van der Waals surface area contributed by atoms with E-state index in [9.17, 15) is 0 Å². The molecule has 0 atom stereocenters. The first kappa shape index (κ1) is 20.9. The van der Waals surface area contributed by atoms with Crippen LogP contribution in [-0.2, 0) is 6.54 Å². The van der Waals surface area contributed by atoms with E-state index in [0.29, 0.717) is 0 Å². The van der Waals surface area contributed by atoms with Crippen LogP contribution in [0.3, 0.4) is 0 Å². The standard InChI is InChI=1S/C22H38N6/c1-23-22(24-12-6-9-19-7-4-3-5-8-19)26-18-20-10-11-21(25-17-20)28-15-13-27(2)14-16-28/h10-11,17,19H,3-9,12-16,18H2,1-2H3,(H2,23,24,26). The van der Waals surface area contributed by atoms with Crippen LogP contribution in [0.5, 0.6) is 0 Å². The largest absolute Gasteiger partial charge is 0.356 e. The van der Waals surface area contributed by atoms with Crippen molar-refractivity contribution in [2.75, 3.05) is 51.7 Å². The first-order valence-electron chi connectivity index (χ1n) is 11.1. The molecule has 1 aromatic heterocycles. The summed E-state index contributed by atoms with van der Waals surface area (Å²) in [6.07, 6.45) is 11.7. The van der Waals surface area contributed by atoms with Gasteiger partial charge in [0.25, 0.3) is 0 Å². The third-order valence-corrected chi connectivity index (χ3v) is 6.13. The summed E-state index contributed by atoms with van der Waals surface area (Å²) >= 11 is 0. The Hall–Kier alpha value is -1.82. The lowest BCUT2D eigenvalue weighted by Gasteiger charge is -2.33. The predicted molar refractivity (Wildman–Crippen MR) is 118 cm³/mol. The summed E-state index contributed by atoms with van der Waals surface area (Å²) in [6.45, 7) is 6.06. The van der Waals surface area contributed by atoms with Gasteiger partial charge in [-0.1, -0.05) is 38.2 Å². The smallest absolute Gasteiger partial charge is 0.191 e. The number of hydrogen-bond donors (Lipinski definition) is 2. The van der Waals surface area contributed by atoms with E-state index in [0.717, 1.165) is 57.0 Å². The number of rotatable bonds is 7. The van der Waals surface area contributed by atoms with E-state index in [2.05, 4.69) is 49.6 Å². The Kier molecular flexibility index (Phi) is 8.40. The van der Waals surface area contributed by atoms with Crippen LogP contribution >= 0.6 is 0 Å². The molecule has 2 fully saturated rings. The highest BCUT2D eigenvalue weighted by molar-refractivity contribution is 5.79. The molecule has 2 heterocycles. The minimum Gasteiger partial charge on any atom is -0.356 e. The van der Waals surface area contributed by atoms with Crippen molar-refractivity contribution in [3.63, 3.8) is 0 Å². The molecule has 2 N–H and O–H groups in total. The summed E-state index contributed by atoms with van der Waals surface area (Å²) in [7, 11) is 4.02. The van der Waals surface area contributed by atoms with E-state index in [4.69, 9.17) is 0 Å². The Labute approximate surface area is 170 Å². The second kappa shape index (κ2) is 11.2. The highest BCUT2D eigenvalue weighted by Gasteiger charge is 2.15. The normalized spacial score (nSPS) is 19.6. The summed E-state index contributed by atoms with van der Waals surface area (Å²) in [5.41, 5.74) is 1.18. The summed E-state index contributed by atoms with van der Waals surface area (Å²) < 4.78 is 0. The van der Waals surface area contributed by atoms with Crippen LogP contribution in [0.15, 0.2) is 23.3 Å². The lowest BCUT2D eigenvalue weighted by molar-refractivity contribution is 0.312. The Morgan fingerprint density at radius 1 is 1.11 bits per heavy atom. The number of nitrogens with zero attached hydrogens (tertiary/aromatic N) is 4. The molecule has 1 saturated carbocycles. The molecule has 0 radical (unpaired) electrons. The van der Waals surface area contributed by atoms with Crippen molar-refractivity contribution in [2.45, 2.75) is 51.5 Å². The molecule has 0 aromatic carbocycles. The molecule has 28 heavy (non-hydrogen) atoms. The van der Waals surface area contributed by atoms with Gasteiger partial charge in [0.15, 0.2) is 5.96 Å². The van der Waals surface area contributed by atoms with Crippen LogP contribution < -0.4 is 15.5 Å². The molecule has 3 rings (SSSR count). The molecule has 6 nitrogen and oxygen atoms in total. The number of guanidine groups is 1. The molecule has 0 spiro atoms. The second-order valence-corrected chi connectivity index (χ2v) is 8.31. The number of aliphatic imine (C=N–C) groups is 1. The molecular formula is C22H38N6. The molecule has 6 heteroatoms. The summed E-state index contributed by atoms with van der Waals surface area (Å²) in [5.74, 6) is 2.92. The zero-order valence-corrected chi connectivity index (χ0v) is 17.8. The minimum atomic E-state index is 0.748. The Morgan fingerprint density at radius 3 is 2.57 bits per heavy atom. The summed E-state index contributed by atoms with van der Waals surface area (Å²) in [6, 6.07) is 4.31. The van der Waals surface area contributed by atoms with E-state index in [-0.39, 0.29) is 0 Å². The van der Waals surface area contributed by atoms with Gasteiger partial charge in [0, 0.05) is 52.5 Å². The van der Waals surface area contributed by atoms with E-state index >= 15 is 0 Å². The van der Waals surface area contributed by atoms with Gasteiger partial charge in [-0.25, -0.2) is 4.98 Å². The van der Waals surface area contributed by atoms with Crippen molar-refractivity contribution in [3.05, 3.63) is 23.9 Å². The Bertz CT molecular complexity index is 586. The number of pyridine rings is 1. The fourth-order valence-electron chi connectivity index (χ4n) is 4.22. The van der Waals surface area contributed by atoms with Gasteiger partial charge in [-0.15, -0.1) is 0 Å². The van der Waals surface area contributed by atoms with Gasteiger partial charge in [0.05, 0.1) is 0 Å². The minimum absolute atomic E-state index is 0.748. The van der Waals surface area contributed by atoms with Gasteiger partial charge < -0.3 is 20.4 Å². The fraction of sp³-hybridized carbons (Fsp3) is 0.727. The monoisotopic (exact) mass is 386 g/mol. The molecule has 1 aromatic rings. The van der Waals surface area contributed by atoms with Crippen molar-refractivity contribution >= 4 is 11.8 Å². The highest BCUT2D eigenvalue weighted by Crippen LogP contribution is 2.26. The van der Waals surface area contributed by atoms with Gasteiger partial charge >= 0.3 is 0 Å². The van der Waals surface area contributed by atoms with E-state index in [1.165, 1.54) is 50.5 Å². The van der Waals surface area contributed by atoms with Crippen LogP contribution in [-0.4, -0.2) is 62.7 Å².